The minimum absolute atomic E-state index is 0.284. The molecule has 0 bridgehead atoms. The molecule has 4 aromatic rings. The minimum Gasteiger partial charge on any atom is -0.201 e. The Balaban J connectivity index is 1.97. The molecule has 0 spiro atoms. The van der Waals surface area contributed by atoms with Crippen molar-refractivity contribution in [3.8, 4) is 33.5 Å². The van der Waals surface area contributed by atoms with Gasteiger partial charge in [0.1, 0.15) is 7.05 Å². The maximum Gasteiger partial charge on any atom is 0.213 e. The quantitative estimate of drug-likeness (QED) is 0.344. The maximum absolute atomic E-state index is 8.09. The number of hydrogen-bond acceptors (Lipinski definition) is 0. The van der Waals surface area contributed by atoms with Gasteiger partial charge in [-0.15, -0.1) is 0 Å². The second kappa shape index (κ2) is 7.67. The Kier molecular flexibility index (Phi) is 3.47. The predicted molar refractivity (Wildman–Crippen MR) is 123 cm³/mol. The molecule has 144 valence electrons. The number of aryl methyl sites for hydroxylation is 4. The van der Waals surface area contributed by atoms with Crippen LogP contribution < -0.4 is 4.57 Å². The van der Waals surface area contributed by atoms with Crippen molar-refractivity contribution in [3.63, 3.8) is 0 Å². The molecule has 1 heterocycles. The summed E-state index contributed by atoms with van der Waals surface area (Å²) in [7, 11) is 1.84. The SMILES string of the molecule is [2H]C([2H])([2H])c1c[n+](C)c(-c2cccc(-c3ccc(C)cc3C([2H])([2H])[2H])c2C)cc1-c1ccccc1. The lowest BCUT2D eigenvalue weighted by molar-refractivity contribution is -0.660. The average Bonchev–Trinajstić information content (AvgIpc) is 2.79. The van der Waals surface area contributed by atoms with Crippen LogP contribution in [0.5, 0.6) is 0 Å². The monoisotopic (exact) mass is 384 g/mol. The third-order valence-electron chi connectivity index (χ3n) is 5.43. The van der Waals surface area contributed by atoms with Gasteiger partial charge >= 0.3 is 0 Å². The third-order valence-corrected chi connectivity index (χ3v) is 5.43. The minimum atomic E-state index is -2.27. The van der Waals surface area contributed by atoms with Gasteiger partial charge in [-0.3, -0.25) is 0 Å². The lowest BCUT2D eigenvalue weighted by Gasteiger charge is -2.14. The molecule has 0 fully saturated rings. The van der Waals surface area contributed by atoms with E-state index >= 15 is 0 Å². The van der Waals surface area contributed by atoms with Crippen molar-refractivity contribution in [1.82, 2.24) is 0 Å². The topological polar surface area (TPSA) is 3.88 Å². The first-order valence-electron chi connectivity index (χ1n) is 12.7. The van der Waals surface area contributed by atoms with E-state index < -0.39 is 13.7 Å². The zero-order chi connectivity index (χ0) is 25.5. The largest absolute Gasteiger partial charge is 0.213 e. The molecule has 0 aliphatic carbocycles. The number of hydrogen-bond donors (Lipinski definition) is 0. The summed E-state index contributed by atoms with van der Waals surface area (Å²) in [6.07, 6.45) is 1.68. The Morgan fingerprint density at radius 1 is 0.690 bits per heavy atom. The van der Waals surface area contributed by atoms with Gasteiger partial charge in [-0.1, -0.05) is 66.2 Å². The molecule has 0 unspecified atom stereocenters. The van der Waals surface area contributed by atoms with Gasteiger partial charge < -0.3 is 0 Å². The van der Waals surface area contributed by atoms with E-state index in [0.717, 1.165) is 33.5 Å². The molecule has 1 nitrogen and oxygen atoms in total. The van der Waals surface area contributed by atoms with Crippen LogP contribution in [0.2, 0.25) is 0 Å². The molecule has 0 saturated carbocycles. The molecule has 0 saturated heterocycles. The van der Waals surface area contributed by atoms with Crippen LogP contribution in [0, 0.1) is 27.6 Å². The Morgan fingerprint density at radius 2 is 1.45 bits per heavy atom. The molecular weight excluding hydrogens is 350 g/mol. The zero-order valence-electron chi connectivity index (χ0n) is 23.0. The number of nitrogens with zero attached hydrogens (tertiary/aromatic N) is 1. The predicted octanol–water partition coefficient (Wildman–Crippen LogP) is 6.75. The summed E-state index contributed by atoms with van der Waals surface area (Å²) in [5.74, 6) is 0. The molecule has 1 heteroatoms. The average molecular weight is 385 g/mol. The fourth-order valence-electron chi connectivity index (χ4n) is 3.87. The zero-order valence-corrected chi connectivity index (χ0v) is 17.0. The highest BCUT2D eigenvalue weighted by atomic mass is 14.9. The fourth-order valence-corrected chi connectivity index (χ4v) is 3.87. The van der Waals surface area contributed by atoms with Crippen molar-refractivity contribution in [1.29, 1.82) is 0 Å². The van der Waals surface area contributed by atoms with E-state index in [1.807, 2.05) is 92.2 Å². The highest BCUT2D eigenvalue weighted by molar-refractivity contribution is 5.79. The van der Waals surface area contributed by atoms with Gasteiger partial charge in [0.25, 0.3) is 0 Å². The molecule has 0 aliphatic rings. The van der Waals surface area contributed by atoms with Crippen molar-refractivity contribution in [2.45, 2.75) is 27.6 Å². The van der Waals surface area contributed by atoms with Gasteiger partial charge in [0, 0.05) is 25.4 Å². The van der Waals surface area contributed by atoms with Gasteiger partial charge in [0.05, 0.1) is 0 Å². The van der Waals surface area contributed by atoms with Crippen LogP contribution >= 0.6 is 0 Å². The van der Waals surface area contributed by atoms with Gasteiger partial charge in [0.2, 0.25) is 5.69 Å². The summed E-state index contributed by atoms with van der Waals surface area (Å²) in [5.41, 5.74) is 7.20. The highest BCUT2D eigenvalue weighted by Gasteiger charge is 2.18. The Morgan fingerprint density at radius 3 is 2.21 bits per heavy atom. The van der Waals surface area contributed by atoms with Crippen molar-refractivity contribution < 1.29 is 12.8 Å². The van der Waals surface area contributed by atoms with E-state index in [0.29, 0.717) is 16.7 Å². The standard InChI is InChI=1S/C28H28N/c1-19-14-15-24(20(2)16-19)25-12-9-13-26(22(25)4)28-17-27(21(3)18-29(28)5)23-10-7-6-8-11-23/h6-18H,1-5H3/q+1/i2D3,3D3. The number of rotatable bonds is 3. The first-order chi connectivity index (χ1) is 16.4. The van der Waals surface area contributed by atoms with Gasteiger partial charge in [0.15, 0.2) is 6.20 Å². The molecule has 3 aromatic carbocycles. The van der Waals surface area contributed by atoms with Crippen molar-refractivity contribution in [3.05, 3.63) is 101 Å². The summed E-state index contributed by atoms with van der Waals surface area (Å²) in [4.78, 5) is 0. The number of benzene rings is 3. The molecule has 0 amide bonds. The van der Waals surface area contributed by atoms with E-state index in [2.05, 4.69) is 0 Å². The molecule has 0 aliphatic heterocycles. The maximum atomic E-state index is 8.09. The van der Waals surface area contributed by atoms with Crippen LogP contribution in [0.3, 0.4) is 0 Å². The molecule has 0 atom stereocenters. The van der Waals surface area contributed by atoms with E-state index in [-0.39, 0.29) is 5.56 Å². The summed E-state index contributed by atoms with van der Waals surface area (Å²) in [6, 6.07) is 22.8. The molecule has 0 radical (unpaired) electrons. The van der Waals surface area contributed by atoms with Crippen molar-refractivity contribution in [2.75, 3.05) is 0 Å². The van der Waals surface area contributed by atoms with Gasteiger partial charge in [-0.25, -0.2) is 4.57 Å². The number of aromatic nitrogens is 1. The highest BCUT2D eigenvalue weighted by Crippen LogP contribution is 2.34. The van der Waals surface area contributed by atoms with Crippen LogP contribution in [0.25, 0.3) is 33.5 Å². The molecule has 29 heavy (non-hydrogen) atoms. The fraction of sp³-hybridized carbons (Fsp3) is 0.179. The van der Waals surface area contributed by atoms with E-state index in [1.165, 1.54) is 0 Å². The summed E-state index contributed by atoms with van der Waals surface area (Å²) >= 11 is 0. The van der Waals surface area contributed by atoms with Crippen molar-refractivity contribution >= 4 is 0 Å². The lowest BCUT2D eigenvalue weighted by atomic mass is 9.90. The van der Waals surface area contributed by atoms with E-state index in [1.54, 1.807) is 12.3 Å². The molecule has 0 N–H and O–H groups in total. The Bertz CT molecular complexity index is 1390. The van der Waals surface area contributed by atoms with E-state index in [9.17, 15) is 0 Å². The molecular formula is C28H28N+. The summed E-state index contributed by atoms with van der Waals surface area (Å²) in [5, 5.41) is 0. The van der Waals surface area contributed by atoms with Crippen LogP contribution in [0.4, 0.5) is 0 Å². The van der Waals surface area contributed by atoms with Crippen molar-refractivity contribution in [2.24, 2.45) is 7.05 Å². The second-order valence-corrected chi connectivity index (χ2v) is 7.49. The first kappa shape index (κ1) is 13.1. The van der Waals surface area contributed by atoms with Crippen LogP contribution in [0.15, 0.2) is 79.0 Å². The third kappa shape index (κ3) is 3.61. The van der Waals surface area contributed by atoms with Gasteiger partial charge in [-0.05, 0) is 67.0 Å². The van der Waals surface area contributed by atoms with Crippen LogP contribution in [-0.4, -0.2) is 0 Å². The van der Waals surface area contributed by atoms with Crippen LogP contribution in [0.1, 0.15) is 30.5 Å². The lowest BCUT2D eigenvalue weighted by Crippen LogP contribution is -2.31. The van der Waals surface area contributed by atoms with Crippen LogP contribution in [-0.2, 0) is 7.05 Å². The Labute approximate surface area is 182 Å². The molecule has 4 rings (SSSR count). The smallest absolute Gasteiger partial charge is 0.201 e. The van der Waals surface area contributed by atoms with Gasteiger partial charge in [-0.2, -0.15) is 0 Å². The normalized spacial score (nSPS) is 14.9. The summed E-state index contributed by atoms with van der Waals surface area (Å²) in [6.45, 7) is -0.640. The second-order valence-electron chi connectivity index (χ2n) is 7.49. The number of pyridine rings is 1. The Hall–Kier alpha value is -3.19. The first-order valence-corrected chi connectivity index (χ1v) is 9.69. The van der Waals surface area contributed by atoms with E-state index in [4.69, 9.17) is 8.22 Å². The molecule has 1 aromatic heterocycles. The summed E-state index contributed by atoms with van der Waals surface area (Å²) < 4.78 is 50.3.